The van der Waals surface area contributed by atoms with Crippen molar-refractivity contribution < 1.29 is 4.74 Å². The molecule has 3 aromatic rings. The number of hydrogen-bond acceptors (Lipinski definition) is 4. The Bertz CT molecular complexity index is 906. The Balaban J connectivity index is 1.86. The summed E-state index contributed by atoms with van der Waals surface area (Å²) < 4.78 is 7.04. The van der Waals surface area contributed by atoms with E-state index in [0.29, 0.717) is 11.3 Å². The molecule has 6 nitrogen and oxygen atoms in total. The quantitative estimate of drug-likeness (QED) is 0.807. The summed E-state index contributed by atoms with van der Waals surface area (Å²) in [5, 5.41) is 0. The lowest BCUT2D eigenvalue weighted by molar-refractivity contribution is 0.415. The highest BCUT2D eigenvalue weighted by atomic mass is 16.5. The predicted octanol–water partition coefficient (Wildman–Crippen LogP) is 2.91. The summed E-state index contributed by atoms with van der Waals surface area (Å²) in [6.07, 6.45) is 6.06. The molecule has 0 radical (unpaired) electrons. The molecule has 1 aliphatic rings. The minimum absolute atomic E-state index is 0.116. The van der Waals surface area contributed by atoms with Crippen molar-refractivity contribution in [3.63, 3.8) is 0 Å². The van der Waals surface area contributed by atoms with Crippen LogP contribution in [0.5, 0.6) is 5.75 Å². The van der Waals surface area contributed by atoms with Gasteiger partial charge in [-0.15, -0.1) is 0 Å². The van der Waals surface area contributed by atoms with Crippen LogP contribution in [0.2, 0.25) is 0 Å². The van der Waals surface area contributed by atoms with Crippen LogP contribution in [0.15, 0.2) is 35.3 Å². The van der Waals surface area contributed by atoms with Gasteiger partial charge in [-0.3, -0.25) is 9.55 Å². The molecule has 0 aliphatic heterocycles. The molecule has 1 N–H and O–H groups in total. The zero-order chi connectivity index (χ0) is 15.8. The topological polar surface area (TPSA) is 72.8 Å². The van der Waals surface area contributed by atoms with Crippen molar-refractivity contribution in [3.05, 3.63) is 40.9 Å². The number of nitrogens with zero attached hydrogens (tertiary/aromatic N) is 3. The van der Waals surface area contributed by atoms with Crippen molar-refractivity contribution >= 4 is 11.3 Å². The van der Waals surface area contributed by atoms with Crippen molar-refractivity contribution in [2.24, 2.45) is 0 Å². The number of H-pyrrole nitrogens is 1. The third-order valence-corrected chi connectivity index (χ3v) is 4.48. The first-order valence-corrected chi connectivity index (χ1v) is 7.88. The molecule has 6 heteroatoms. The fourth-order valence-corrected chi connectivity index (χ4v) is 3.32. The average Bonchev–Trinajstić information content (AvgIpc) is 3.20. The average molecular weight is 310 g/mol. The van der Waals surface area contributed by atoms with Crippen LogP contribution >= 0.6 is 0 Å². The highest BCUT2D eigenvalue weighted by molar-refractivity contribution is 5.71. The number of methoxy groups -OCH3 is 1. The SMILES string of the molecule is COc1cccc(-c2cnc3[nH]c(=O)n(C4CCCC4)c3n2)c1. The van der Waals surface area contributed by atoms with E-state index >= 15 is 0 Å². The molecule has 23 heavy (non-hydrogen) atoms. The molecule has 118 valence electrons. The van der Waals surface area contributed by atoms with E-state index in [1.165, 1.54) is 0 Å². The maximum atomic E-state index is 12.3. The Kier molecular flexibility index (Phi) is 3.37. The van der Waals surface area contributed by atoms with E-state index in [1.54, 1.807) is 17.9 Å². The summed E-state index contributed by atoms with van der Waals surface area (Å²) >= 11 is 0. The second kappa shape index (κ2) is 5.53. The summed E-state index contributed by atoms with van der Waals surface area (Å²) in [7, 11) is 1.64. The van der Waals surface area contributed by atoms with Gasteiger partial charge in [-0.25, -0.2) is 14.8 Å². The molecule has 1 aromatic carbocycles. The molecule has 4 rings (SSSR count). The van der Waals surface area contributed by atoms with Crippen molar-refractivity contribution in [2.75, 3.05) is 7.11 Å². The molecule has 0 saturated heterocycles. The third kappa shape index (κ3) is 2.40. The van der Waals surface area contributed by atoms with E-state index in [4.69, 9.17) is 9.72 Å². The molecule has 0 amide bonds. The lowest BCUT2D eigenvalue weighted by Crippen LogP contribution is -2.20. The number of aromatic amines is 1. The Labute approximate surface area is 133 Å². The van der Waals surface area contributed by atoms with Gasteiger partial charge >= 0.3 is 5.69 Å². The number of benzene rings is 1. The molecule has 2 heterocycles. The zero-order valence-corrected chi connectivity index (χ0v) is 13.0. The molecular formula is C17H18N4O2. The normalized spacial score (nSPS) is 15.3. The zero-order valence-electron chi connectivity index (χ0n) is 13.0. The minimum atomic E-state index is -0.116. The van der Waals surface area contributed by atoms with Crippen LogP contribution < -0.4 is 10.4 Å². The summed E-state index contributed by atoms with van der Waals surface area (Å²) in [6.45, 7) is 0. The highest BCUT2D eigenvalue weighted by Gasteiger charge is 2.22. The van der Waals surface area contributed by atoms with Gasteiger partial charge in [0, 0.05) is 11.6 Å². The smallest absolute Gasteiger partial charge is 0.329 e. The predicted molar refractivity (Wildman–Crippen MR) is 87.6 cm³/mol. The third-order valence-electron chi connectivity index (χ3n) is 4.48. The Hall–Kier alpha value is -2.63. The van der Waals surface area contributed by atoms with Gasteiger partial charge < -0.3 is 4.74 Å². The summed E-state index contributed by atoms with van der Waals surface area (Å²) in [6, 6.07) is 7.91. The van der Waals surface area contributed by atoms with Gasteiger partial charge in [0.2, 0.25) is 0 Å². The first kappa shape index (κ1) is 14.0. The molecule has 0 atom stereocenters. The molecular weight excluding hydrogens is 292 g/mol. The van der Waals surface area contributed by atoms with E-state index in [-0.39, 0.29) is 11.7 Å². The van der Waals surface area contributed by atoms with E-state index in [1.807, 2.05) is 24.3 Å². The van der Waals surface area contributed by atoms with Crippen LogP contribution in [0.1, 0.15) is 31.7 Å². The second-order valence-electron chi connectivity index (χ2n) is 5.90. The summed E-state index contributed by atoms with van der Waals surface area (Å²) in [4.78, 5) is 24.2. The molecule has 1 saturated carbocycles. The van der Waals surface area contributed by atoms with Crippen LogP contribution in [0.3, 0.4) is 0 Å². The number of fused-ring (bicyclic) bond motifs is 1. The number of imidazole rings is 1. The van der Waals surface area contributed by atoms with Gasteiger partial charge in [-0.05, 0) is 25.0 Å². The van der Waals surface area contributed by atoms with Crippen molar-refractivity contribution in [1.29, 1.82) is 0 Å². The number of rotatable bonds is 3. The van der Waals surface area contributed by atoms with E-state index in [2.05, 4.69) is 9.97 Å². The van der Waals surface area contributed by atoms with Gasteiger partial charge in [-0.1, -0.05) is 25.0 Å². The Morgan fingerprint density at radius 1 is 1.30 bits per heavy atom. The fraction of sp³-hybridized carbons (Fsp3) is 0.353. The van der Waals surface area contributed by atoms with E-state index in [9.17, 15) is 4.79 Å². The van der Waals surface area contributed by atoms with Gasteiger partial charge in [0.05, 0.1) is 19.0 Å². The van der Waals surface area contributed by atoms with Gasteiger partial charge in [0.15, 0.2) is 11.3 Å². The van der Waals surface area contributed by atoms with Crippen LogP contribution in [-0.4, -0.2) is 26.6 Å². The minimum Gasteiger partial charge on any atom is -0.497 e. The standard InChI is InChI=1S/C17H18N4O2/c1-23-13-8-4-5-11(9-13)14-10-18-15-16(19-14)21(17(22)20-15)12-6-2-3-7-12/h4-5,8-10,12H,2-3,6-7H2,1H3,(H,18,20,22). The molecule has 1 aliphatic carbocycles. The first-order chi connectivity index (χ1) is 11.3. The summed E-state index contributed by atoms with van der Waals surface area (Å²) in [5.41, 5.74) is 2.73. The van der Waals surface area contributed by atoms with E-state index < -0.39 is 0 Å². The molecule has 0 spiro atoms. The fourth-order valence-electron chi connectivity index (χ4n) is 3.32. The lowest BCUT2D eigenvalue weighted by Gasteiger charge is -2.10. The molecule has 2 aromatic heterocycles. The first-order valence-electron chi connectivity index (χ1n) is 7.88. The maximum Gasteiger partial charge on any atom is 0.329 e. The van der Waals surface area contributed by atoms with E-state index in [0.717, 1.165) is 42.7 Å². The van der Waals surface area contributed by atoms with Crippen LogP contribution in [0.25, 0.3) is 22.6 Å². The maximum absolute atomic E-state index is 12.3. The number of nitrogens with one attached hydrogen (secondary N) is 1. The van der Waals surface area contributed by atoms with Crippen LogP contribution in [0.4, 0.5) is 0 Å². The number of aromatic nitrogens is 4. The molecule has 1 fully saturated rings. The van der Waals surface area contributed by atoms with Crippen molar-refractivity contribution in [3.8, 4) is 17.0 Å². The lowest BCUT2D eigenvalue weighted by atomic mass is 10.1. The number of ether oxygens (including phenoxy) is 1. The van der Waals surface area contributed by atoms with Gasteiger partial charge in [0.25, 0.3) is 0 Å². The summed E-state index contributed by atoms with van der Waals surface area (Å²) in [5.74, 6) is 0.770. The number of hydrogen-bond donors (Lipinski definition) is 1. The Morgan fingerprint density at radius 2 is 2.13 bits per heavy atom. The van der Waals surface area contributed by atoms with Gasteiger partial charge in [-0.2, -0.15) is 0 Å². The monoisotopic (exact) mass is 310 g/mol. The Morgan fingerprint density at radius 3 is 2.91 bits per heavy atom. The largest absolute Gasteiger partial charge is 0.497 e. The van der Waals surface area contributed by atoms with Crippen molar-refractivity contribution in [1.82, 2.24) is 19.5 Å². The molecule has 0 bridgehead atoms. The second-order valence-corrected chi connectivity index (χ2v) is 5.90. The molecule has 0 unspecified atom stereocenters. The van der Waals surface area contributed by atoms with Crippen molar-refractivity contribution in [2.45, 2.75) is 31.7 Å². The van der Waals surface area contributed by atoms with Crippen LogP contribution in [-0.2, 0) is 0 Å². The van der Waals surface area contributed by atoms with Gasteiger partial charge in [0.1, 0.15) is 5.75 Å². The van der Waals surface area contributed by atoms with Crippen LogP contribution in [0, 0.1) is 0 Å². The highest BCUT2D eigenvalue weighted by Crippen LogP contribution is 2.30.